The lowest BCUT2D eigenvalue weighted by Crippen LogP contribution is -2.67. The van der Waals surface area contributed by atoms with Gasteiger partial charge in [-0.1, -0.05) is 31.4 Å². The predicted octanol–water partition coefficient (Wildman–Crippen LogP) is -6.54. The van der Waals surface area contributed by atoms with Gasteiger partial charge in [0.05, 0.1) is 33.0 Å². The predicted molar refractivity (Wildman–Crippen MR) is 247 cm³/mol. The first-order valence-electron chi connectivity index (χ1n) is 25.4. The summed E-state index contributed by atoms with van der Waals surface area (Å²) in [6, 6.07) is 3.35. The highest BCUT2D eigenvalue weighted by Crippen LogP contribution is 2.45. The monoisotopic (exact) mass is 1080 g/mol. The molecule has 6 aliphatic rings. The molecule has 0 unspecified atom stereocenters. The molecular weight excluding hydrogens is 1010 g/mol. The summed E-state index contributed by atoms with van der Waals surface area (Å²) in [6.45, 7) is -0.349. The Morgan fingerprint density at radius 1 is 0.453 bits per heavy atom. The molecular formula is C48H76O27. The second-order valence-corrected chi connectivity index (χ2v) is 20.0. The van der Waals surface area contributed by atoms with Crippen molar-refractivity contribution in [3.63, 3.8) is 0 Å². The quantitative estimate of drug-likeness (QED) is 0.0426. The number of aliphatic hydroxyl groups is 17. The van der Waals surface area contributed by atoms with E-state index < -0.39 is 192 Å². The lowest BCUT2D eigenvalue weighted by Gasteiger charge is -2.48. The number of aliphatic hydroxyl groups excluding tert-OH is 17. The molecule has 26 atom stereocenters. The van der Waals surface area contributed by atoms with E-state index in [0.29, 0.717) is 36.8 Å². The van der Waals surface area contributed by atoms with Crippen molar-refractivity contribution in [2.75, 3.05) is 33.0 Å². The Kier molecular flexibility index (Phi) is 21.4. The van der Waals surface area contributed by atoms with Gasteiger partial charge in [-0.25, -0.2) is 0 Å². The third kappa shape index (κ3) is 13.1. The standard InChI is InChI=1S/C48H76O27/c1-3-4-5-8-19-11-21(66-46-38(63)41(31(56)25(15-51)70-46)73-44-36(61)34(59)29(54)23(13-49)68-44)28(20-9-6-7-18(2)10-20)22(12-19)67-47-39(64)42(32(57)26(16-52)71-47)75-48-40(65)43(33(58)27(17-53)72-48)74-45-37(62)35(60)30(55)24(14-50)69-45/h10-12,20,23-27,29-65H,3-9,13-17H2,1-2H3/t20-,23+,24-,25+,26-,27-,29+,30-,31+,32-,33-,34-,35+,36+,37-,38+,39-,40-,41-,42+,43+,44-,45+,46+,47-,48+/m0/s1. The van der Waals surface area contributed by atoms with Crippen LogP contribution in [0.15, 0.2) is 23.8 Å². The highest BCUT2D eigenvalue weighted by atomic mass is 16.8. The van der Waals surface area contributed by atoms with Crippen LogP contribution in [0.4, 0.5) is 0 Å². The minimum Gasteiger partial charge on any atom is -0.462 e. The van der Waals surface area contributed by atoms with Crippen molar-refractivity contribution in [1.82, 2.24) is 0 Å². The number of benzene rings is 1. The molecule has 5 aliphatic heterocycles. The van der Waals surface area contributed by atoms with Crippen LogP contribution in [0.3, 0.4) is 0 Å². The Balaban J connectivity index is 1.21. The van der Waals surface area contributed by atoms with Crippen molar-refractivity contribution < 1.29 is 134 Å². The average Bonchev–Trinajstić information content (AvgIpc) is 3.39. The fourth-order valence-electron chi connectivity index (χ4n) is 10.3. The molecule has 1 aliphatic carbocycles. The van der Waals surface area contributed by atoms with Crippen LogP contribution in [0, 0.1) is 0 Å². The van der Waals surface area contributed by atoms with E-state index in [9.17, 15) is 86.8 Å². The van der Waals surface area contributed by atoms with Gasteiger partial charge in [-0.2, -0.15) is 0 Å². The number of unbranched alkanes of at least 4 members (excludes halogenated alkanes) is 2. The van der Waals surface area contributed by atoms with Gasteiger partial charge in [0, 0.05) is 11.5 Å². The van der Waals surface area contributed by atoms with Crippen molar-refractivity contribution in [1.29, 1.82) is 0 Å². The van der Waals surface area contributed by atoms with E-state index in [-0.39, 0.29) is 11.5 Å². The number of hydrogen-bond donors (Lipinski definition) is 17. The molecule has 0 saturated carbocycles. The van der Waals surface area contributed by atoms with Crippen molar-refractivity contribution >= 4 is 0 Å². The van der Waals surface area contributed by atoms with Crippen LogP contribution in [0.1, 0.15) is 69.4 Å². The topological polar surface area (TPSA) is 436 Å². The minimum absolute atomic E-state index is 0.0365. The summed E-state index contributed by atoms with van der Waals surface area (Å²) in [6.07, 6.45) is -38.4. The Morgan fingerprint density at radius 2 is 0.813 bits per heavy atom. The first kappa shape index (κ1) is 60.2. The fraction of sp³-hybridized carbons (Fsp3) is 0.833. The van der Waals surface area contributed by atoms with Crippen LogP contribution in [-0.2, 0) is 44.3 Å². The summed E-state index contributed by atoms with van der Waals surface area (Å²) in [5.74, 6) is -0.419. The zero-order valence-corrected chi connectivity index (χ0v) is 41.4. The molecule has 17 N–H and O–H groups in total. The van der Waals surface area contributed by atoms with Gasteiger partial charge >= 0.3 is 0 Å². The molecule has 75 heavy (non-hydrogen) atoms. The second kappa shape index (κ2) is 26.7. The van der Waals surface area contributed by atoms with E-state index in [1.807, 2.05) is 19.9 Å². The molecule has 0 aromatic heterocycles. The highest BCUT2D eigenvalue weighted by molar-refractivity contribution is 5.52. The van der Waals surface area contributed by atoms with Crippen molar-refractivity contribution in [3.8, 4) is 11.5 Å². The van der Waals surface area contributed by atoms with Gasteiger partial charge in [0.15, 0.2) is 18.9 Å². The van der Waals surface area contributed by atoms with E-state index in [2.05, 4.69) is 0 Å². The largest absolute Gasteiger partial charge is 0.462 e. The fourth-order valence-corrected chi connectivity index (χ4v) is 10.3. The van der Waals surface area contributed by atoms with Gasteiger partial charge in [0.1, 0.15) is 134 Å². The molecule has 27 nitrogen and oxygen atoms in total. The Hall–Kier alpha value is -2.44. The van der Waals surface area contributed by atoms with Gasteiger partial charge < -0.3 is 134 Å². The van der Waals surface area contributed by atoms with Gasteiger partial charge in [-0.15, -0.1) is 0 Å². The summed E-state index contributed by atoms with van der Waals surface area (Å²) in [4.78, 5) is 0. The molecule has 430 valence electrons. The first-order chi connectivity index (χ1) is 35.8. The van der Waals surface area contributed by atoms with Crippen molar-refractivity contribution in [2.45, 2.75) is 218 Å². The summed E-state index contributed by atoms with van der Waals surface area (Å²) >= 11 is 0. The molecule has 7 rings (SSSR count). The van der Waals surface area contributed by atoms with Crippen LogP contribution in [0.25, 0.3) is 0 Å². The summed E-state index contributed by atoms with van der Waals surface area (Å²) in [7, 11) is 0. The summed E-state index contributed by atoms with van der Waals surface area (Å²) in [5, 5.41) is 183. The molecule has 5 saturated heterocycles. The maximum Gasteiger partial charge on any atom is 0.229 e. The third-order valence-electron chi connectivity index (χ3n) is 14.7. The Bertz CT molecular complexity index is 1960. The molecule has 0 bridgehead atoms. The molecule has 5 heterocycles. The van der Waals surface area contributed by atoms with E-state index in [1.165, 1.54) is 0 Å². The Labute approximate surface area is 431 Å². The molecule has 0 amide bonds. The second-order valence-electron chi connectivity index (χ2n) is 20.0. The smallest absolute Gasteiger partial charge is 0.229 e. The van der Waals surface area contributed by atoms with Gasteiger partial charge in [0.2, 0.25) is 12.6 Å². The van der Waals surface area contributed by atoms with E-state index in [4.69, 9.17) is 47.4 Å². The normalized spacial score (nSPS) is 44.8. The first-order valence-corrected chi connectivity index (χ1v) is 25.4. The van der Waals surface area contributed by atoms with E-state index >= 15 is 0 Å². The number of rotatable bonds is 20. The van der Waals surface area contributed by atoms with Crippen LogP contribution in [0.2, 0.25) is 0 Å². The van der Waals surface area contributed by atoms with E-state index in [0.717, 1.165) is 24.8 Å². The van der Waals surface area contributed by atoms with Crippen LogP contribution >= 0.6 is 0 Å². The van der Waals surface area contributed by atoms with Crippen molar-refractivity contribution in [3.05, 3.63) is 34.9 Å². The number of allylic oxidation sites excluding steroid dienone is 2. The Morgan fingerprint density at radius 3 is 1.19 bits per heavy atom. The summed E-state index contributed by atoms with van der Waals surface area (Å²) in [5.41, 5.74) is 1.90. The zero-order valence-electron chi connectivity index (χ0n) is 41.4. The van der Waals surface area contributed by atoms with Crippen LogP contribution < -0.4 is 9.47 Å². The SMILES string of the molecule is CCCCCc1cc(O[C@H]2O[C@@H](CO)[C@H](O)[C@@H](O[C@H]3O[C@@H](CO)[C@H](O)[C@@H](O[C@H]4O[C@@H](CO)[C@H](O)[C@@H](O)[C@@H]4O)[C@@H]3O)[C@@H]2O)c([C@@H]2C=C(C)CCC2)c(O[C@@H]2O[C@H](CO)[C@@H](O)[C@H](O[C@@H]3O[C@H](CO)[C@@H](O)[C@H](O)[C@H]3O)[C@H]2O)c1. The van der Waals surface area contributed by atoms with Crippen molar-refractivity contribution in [2.24, 2.45) is 0 Å². The van der Waals surface area contributed by atoms with Gasteiger partial charge in [-0.3, -0.25) is 0 Å². The van der Waals surface area contributed by atoms with Crippen LogP contribution in [-0.4, -0.2) is 273 Å². The zero-order chi connectivity index (χ0) is 54.6. The van der Waals surface area contributed by atoms with Crippen LogP contribution in [0.5, 0.6) is 11.5 Å². The molecule has 27 heteroatoms. The number of aryl methyl sites for hydroxylation is 1. The molecule has 1 aromatic rings. The average molecular weight is 1090 g/mol. The van der Waals surface area contributed by atoms with E-state index in [1.54, 1.807) is 12.1 Å². The third-order valence-corrected chi connectivity index (χ3v) is 14.7. The molecule has 1 aromatic carbocycles. The number of hydrogen-bond acceptors (Lipinski definition) is 27. The summed E-state index contributed by atoms with van der Waals surface area (Å²) < 4.78 is 59.1. The maximum absolute atomic E-state index is 12.1. The maximum atomic E-state index is 12.1. The lowest BCUT2D eigenvalue weighted by atomic mass is 9.84. The number of ether oxygens (including phenoxy) is 10. The van der Waals surface area contributed by atoms with Gasteiger partial charge in [-0.05, 0) is 56.7 Å². The lowest BCUT2D eigenvalue weighted by molar-refractivity contribution is -0.378. The van der Waals surface area contributed by atoms with Gasteiger partial charge in [0.25, 0.3) is 0 Å². The molecule has 0 radical (unpaired) electrons. The minimum atomic E-state index is -2.08. The highest BCUT2D eigenvalue weighted by Gasteiger charge is 2.55. The molecule has 0 spiro atoms. The molecule has 5 fully saturated rings.